The first-order valence-electron chi connectivity index (χ1n) is 10.6. The van der Waals surface area contributed by atoms with Gasteiger partial charge in [-0.3, -0.25) is 0 Å². The molecule has 0 unspecified atom stereocenters. The van der Waals surface area contributed by atoms with Crippen molar-refractivity contribution in [2.45, 2.75) is 44.5 Å². The van der Waals surface area contributed by atoms with Gasteiger partial charge in [-0.05, 0) is 43.7 Å². The van der Waals surface area contributed by atoms with Crippen molar-refractivity contribution in [3.63, 3.8) is 0 Å². The number of benzene rings is 2. The van der Waals surface area contributed by atoms with Crippen LogP contribution in [0.4, 0.5) is 0 Å². The Bertz CT molecular complexity index is 965. The number of fused-ring (bicyclic) bond motifs is 4. The van der Waals surface area contributed by atoms with Gasteiger partial charge in [-0.25, -0.2) is 0 Å². The van der Waals surface area contributed by atoms with Crippen molar-refractivity contribution >= 4 is 17.3 Å². The predicted octanol–water partition coefficient (Wildman–Crippen LogP) is 4.84. The van der Waals surface area contributed by atoms with E-state index in [9.17, 15) is 0 Å². The molecule has 1 fully saturated rings. The topological polar surface area (TPSA) is 37.0 Å². The minimum atomic E-state index is -0.414. The Labute approximate surface area is 183 Å². The number of likely N-dealkylation sites (tertiary alicyclic amines) is 1. The second-order valence-electron chi connectivity index (χ2n) is 8.57. The highest BCUT2D eigenvalue weighted by Crippen LogP contribution is 2.51. The molecule has 3 aliphatic heterocycles. The van der Waals surface area contributed by atoms with E-state index in [0.29, 0.717) is 6.04 Å². The molecule has 0 saturated carbocycles. The van der Waals surface area contributed by atoms with Gasteiger partial charge in [0.1, 0.15) is 0 Å². The third kappa shape index (κ3) is 3.16. The van der Waals surface area contributed by atoms with Crippen molar-refractivity contribution < 1.29 is 9.47 Å². The molecular formula is C24H28ClN3O2. The van der Waals surface area contributed by atoms with Crippen LogP contribution in [0.2, 0.25) is 5.02 Å². The SMILES string of the molecule is COc1cccc2c1OC1(CCN(C(C)C)CC1)N1NC(c3ccc(Cl)cc3)=C[C@H]21. The number of hydrogen-bond acceptors (Lipinski definition) is 5. The molecule has 1 spiro atoms. The van der Waals surface area contributed by atoms with Crippen molar-refractivity contribution in [3.05, 3.63) is 64.7 Å². The highest BCUT2D eigenvalue weighted by atomic mass is 35.5. The second kappa shape index (κ2) is 7.49. The van der Waals surface area contributed by atoms with E-state index >= 15 is 0 Å². The molecule has 3 aliphatic rings. The van der Waals surface area contributed by atoms with Crippen LogP contribution >= 0.6 is 11.6 Å². The summed E-state index contributed by atoms with van der Waals surface area (Å²) in [6.45, 7) is 6.52. The van der Waals surface area contributed by atoms with Crippen LogP contribution in [-0.4, -0.2) is 41.9 Å². The van der Waals surface area contributed by atoms with Gasteiger partial charge in [-0.15, -0.1) is 0 Å². The first-order valence-corrected chi connectivity index (χ1v) is 11.0. The molecule has 158 valence electrons. The highest BCUT2D eigenvalue weighted by molar-refractivity contribution is 6.30. The molecule has 0 aliphatic carbocycles. The van der Waals surface area contributed by atoms with Crippen LogP contribution in [0, 0.1) is 0 Å². The van der Waals surface area contributed by atoms with Crippen LogP contribution in [0.15, 0.2) is 48.5 Å². The molecule has 0 radical (unpaired) electrons. The van der Waals surface area contributed by atoms with E-state index < -0.39 is 5.72 Å². The largest absolute Gasteiger partial charge is 0.493 e. The lowest BCUT2D eigenvalue weighted by molar-refractivity contribution is -0.162. The molecule has 0 aromatic heterocycles. The molecule has 3 heterocycles. The number of halogens is 1. The average molecular weight is 426 g/mol. The number of hydrazine groups is 1. The number of hydrogen-bond donors (Lipinski definition) is 1. The molecule has 30 heavy (non-hydrogen) atoms. The van der Waals surface area contributed by atoms with E-state index in [1.807, 2.05) is 24.3 Å². The summed E-state index contributed by atoms with van der Waals surface area (Å²) in [6.07, 6.45) is 4.14. The maximum Gasteiger partial charge on any atom is 0.183 e. The van der Waals surface area contributed by atoms with E-state index in [1.165, 1.54) is 0 Å². The van der Waals surface area contributed by atoms with Crippen LogP contribution in [-0.2, 0) is 0 Å². The summed E-state index contributed by atoms with van der Waals surface area (Å²) >= 11 is 6.11. The Morgan fingerprint density at radius 1 is 1.13 bits per heavy atom. The summed E-state index contributed by atoms with van der Waals surface area (Å²) < 4.78 is 12.5. The van der Waals surface area contributed by atoms with Crippen LogP contribution in [0.1, 0.15) is 43.9 Å². The number of piperidine rings is 1. The Morgan fingerprint density at radius 3 is 2.53 bits per heavy atom. The zero-order chi connectivity index (χ0) is 20.9. The first-order chi connectivity index (χ1) is 14.5. The van der Waals surface area contributed by atoms with E-state index in [4.69, 9.17) is 21.1 Å². The summed E-state index contributed by atoms with van der Waals surface area (Å²) in [5, 5.41) is 3.06. The molecule has 0 amide bonds. The van der Waals surface area contributed by atoms with Crippen LogP contribution < -0.4 is 14.9 Å². The second-order valence-corrected chi connectivity index (χ2v) is 9.01. The summed E-state index contributed by atoms with van der Waals surface area (Å²) in [7, 11) is 1.71. The van der Waals surface area contributed by atoms with E-state index in [1.54, 1.807) is 7.11 Å². The number of ether oxygens (including phenoxy) is 2. The Hall–Kier alpha value is -2.21. The van der Waals surface area contributed by atoms with Gasteiger partial charge in [0, 0.05) is 42.6 Å². The van der Waals surface area contributed by atoms with Gasteiger partial charge < -0.3 is 19.8 Å². The molecule has 1 N–H and O–H groups in total. The molecule has 1 saturated heterocycles. The van der Waals surface area contributed by atoms with Gasteiger partial charge in [0.05, 0.1) is 18.8 Å². The summed E-state index contributed by atoms with van der Waals surface area (Å²) in [4.78, 5) is 2.52. The fraction of sp³-hybridized carbons (Fsp3) is 0.417. The molecule has 2 aromatic rings. The van der Waals surface area contributed by atoms with E-state index in [0.717, 1.165) is 59.3 Å². The maximum absolute atomic E-state index is 6.79. The molecule has 2 aromatic carbocycles. The lowest BCUT2D eigenvalue weighted by atomic mass is 9.92. The van der Waals surface area contributed by atoms with Crippen molar-refractivity contribution in [2.24, 2.45) is 0 Å². The van der Waals surface area contributed by atoms with Gasteiger partial charge in [0.2, 0.25) is 0 Å². The van der Waals surface area contributed by atoms with Gasteiger partial charge in [0.15, 0.2) is 17.2 Å². The number of nitrogens with one attached hydrogen (secondary N) is 1. The molecule has 6 heteroatoms. The van der Waals surface area contributed by atoms with E-state index in [-0.39, 0.29) is 6.04 Å². The van der Waals surface area contributed by atoms with Gasteiger partial charge in [-0.1, -0.05) is 35.9 Å². The zero-order valence-electron chi connectivity index (χ0n) is 17.7. The number of para-hydroxylation sites is 1. The fourth-order valence-corrected chi connectivity index (χ4v) is 4.98. The van der Waals surface area contributed by atoms with Gasteiger partial charge in [0.25, 0.3) is 0 Å². The standard InChI is InChI=1S/C24H28ClN3O2/c1-16(2)27-13-11-24(12-14-27)28-21(19-5-4-6-22(29-3)23(19)30-24)15-20(26-28)17-7-9-18(25)10-8-17/h4-10,15-16,21,26H,11-14H2,1-3H3/t21-/m1/s1. The Morgan fingerprint density at radius 2 is 1.87 bits per heavy atom. The molecule has 1 atom stereocenters. The molecular weight excluding hydrogens is 398 g/mol. The van der Waals surface area contributed by atoms with Gasteiger partial charge >= 0.3 is 0 Å². The third-order valence-electron chi connectivity index (χ3n) is 6.59. The molecule has 0 bridgehead atoms. The van der Waals surface area contributed by atoms with E-state index in [2.05, 4.69) is 53.5 Å². The van der Waals surface area contributed by atoms with Crippen LogP contribution in [0.3, 0.4) is 0 Å². The van der Waals surface area contributed by atoms with Crippen molar-refractivity contribution in [3.8, 4) is 11.5 Å². The van der Waals surface area contributed by atoms with Gasteiger partial charge in [-0.2, -0.15) is 5.01 Å². The number of rotatable bonds is 3. The smallest absolute Gasteiger partial charge is 0.183 e. The number of methoxy groups -OCH3 is 1. The van der Waals surface area contributed by atoms with Crippen molar-refractivity contribution in [1.82, 2.24) is 15.3 Å². The number of nitrogens with zero attached hydrogens (tertiary/aromatic N) is 2. The highest BCUT2D eigenvalue weighted by Gasteiger charge is 2.52. The van der Waals surface area contributed by atoms with Crippen LogP contribution in [0.25, 0.3) is 5.70 Å². The lowest BCUT2D eigenvalue weighted by Crippen LogP contribution is -2.64. The normalized spacial score (nSPS) is 22.8. The van der Waals surface area contributed by atoms with Crippen molar-refractivity contribution in [1.29, 1.82) is 0 Å². The summed E-state index contributed by atoms with van der Waals surface area (Å²) in [6, 6.07) is 14.8. The van der Waals surface area contributed by atoms with Crippen molar-refractivity contribution in [2.75, 3.05) is 20.2 Å². The quantitative estimate of drug-likeness (QED) is 0.761. The zero-order valence-corrected chi connectivity index (χ0v) is 18.4. The average Bonchev–Trinajstić information content (AvgIpc) is 3.21. The monoisotopic (exact) mass is 425 g/mol. The predicted molar refractivity (Wildman–Crippen MR) is 119 cm³/mol. The fourth-order valence-electron chi connectivity index (χ4n) is 4.85. The molecule has 5 rings (SSSR count). The Kier molecular flexibility index (Phi) is 4.92. The molecule has 5 nitrogen and oxygen atoms in total. The Balaban J connectivity index is 1.55. The van der Waals surface area contributed by atoms with Crippen LogP contribution in [0.5, 0.6) is 11.5 Å². The maximum atomic E-state index is 6.79. The third-order valence-corrected chi connectivity index (χ3v) is 6.84. The lowest BCUT2D eigenvalue weighted by Gasteiger charge is -2.52. The summed E-state index contributed by atoms with van der Waals surface area (Å²) in [5.41, 5.74) is 6.60. The minimum absolute atomic E-state index is 0.0835. The minimum Gasteiger partial charge on any atom is -0.493 e. The summed E-state index contributed by atoms with van der Waals surface area (Å²) in [5.74, 6) is 1.67. The first kappa shape index (κ1) is 19.7.